The number of ether oxygens (including phenoxy) is 4. The molecule has 0 aromatic carbocycles. The standard InChI is InChI=1S/C74H144O17P2/c1-7-9-11-13-15-17-18-22-28-34-40-46-52-58-73(78)90-69(62-84-71(76)56-50-44-38-16-14-12-10-8-2)64-88-92(80,81)86-60-68(75)61-87-93(82,83)89-65-70(63-85-72(77)57-51-45-39-33-30-25-27-32-37-43-49-55-67(5)6)91-74(79)59-53-47-41-35-29-24-21-19-20-23-26-31-36-42-48-54-66(3)4/h66-70,75H,7-65H2,1-6H3,(H,80,81)(H,82,83)/t68-,69+,70+/m0/s1. The summed E-state index contributed by atoms with van der Waals surface area (Å²) in [6.07, 6.45) is 52.7. The van der Waals surface area contributed by atoms with E-state index in [9.17, 15) is 43.2 Å². The molecule has 0 radical (unpaired) electrons. The van der Waals surface area contributed by atoms with Gasteiger partial charge in [-0.05, 0) is 37.5 Å². The molecule has 0 spiro atoms. The van der Waals surface area contributed by atoms with E-state index in [4.69, 9.17) is 37.0 Å². The van der Waals surface area contributed by atoms with Gasteiger partial charge in [0.1, 0.15) is 19.3 Å². The number of rotatable bonds is 73. The smallest absolute Gasteiger partial charge is 0.462 e. The SMILES string of the molecule is CCCCCCCCCCCCCCCC(=O)O[C@H](COC(=O)CCCCCCCCCC)COP(=O)(O)OC[C@H](O)COP(=O)(O)OC[C@@H](COC(=O)CCCCCCCCCCCCCC(C)C)OC(=O)CCCCCCCCCCCCCCCCCC(C)C. The molecule has 19 heteroatoms. The van der Waals surface area contributed by atoms with Crippen molar-refractivity contribution in [1.29, 1.82) is 0 Å². The third-order valence-electron chi connectivity index (χ3n) is 17.2. The van der Waals surface area contributed by atoms with Crippen LogP contribution in [0.15, 0.2) is 0 Å². The lowest BCUT2D eigenvalue weighted by Gasteiger charge is -2.21. The van der Waals surface area contributed by atoms with Gasteiger partial charge in [0.05, 0.1) is 26.4 Å². The zero-order chi connectivity index (χ0) is 68.6. The molecule has 0 aliphatic rings. The van der Waals surface area contributed by atoms with Gasteiger partial charge in [-0.2, -0.15) is 0 Å². The molecule has 552 valence electrons. The van der Waals surface area contributed by atoms with E-state index >= 15 is 0 Å². The number of hydrogen-bond donors (Lipinski definition) is 3. The fraction of sp³-hybridized carbons (Fsp3) is 0.946. The van der Waals surface area contributed by atoms with Crippen molar-refractivity contribution < 1.29 is 80.2 Å². The van der Waals surface area contributed by atoms with Crippen LogP contribution < -0.4 is 0 Å². The molecule has 3 N–H and O–H groups in total. The minimum Gasteiger partial charge on any atom is -0.462 e. The predicted molar refractivity (Wildman–Crippen MR) is 377 cm³/mol. The summed E-state index contributed by atoms with van der Waals surface area (Å²) >= 11 is 0. The van der Waals surface area contributed by atoms with E-state index in [-0.39, 0.29) is 25.7 Å². The summed E-state index contributed by atoms with van der Waals surface area (Å²) in [5, 5.41) is 10.6. The molecule has 0 aromatic heterocycles. The molecule has 2 unspecified atom stereocenters. The first-order valence-corrected chi connectivity index (χ1v) is 41.5. The van der Waals surface area contributed by atoms with Crippen LogP contribution in [0.25, 0.3) is 0 Å². The maximum absolute atomic E-state index is 13.1. The minimum atomic E-state index is -4.95. The number of hydrogen-bond acceptors (Lipinski definition) is 15. The van der Waals surface area contributed by atoms with Crippen LogP contribution in [0.4, 0.5) is 0 Å². The molecule has 5 atom stereocenters. The van der Waals surface area contributed by atoms with E-state index in [0.717, 1.165) is 108 Å². The normalized spacial score (nSPS) is 14.1. The molecule has 0 bridgehead atoms. The van der Waals surface area contributed by atoms with Crippen LogP contribution >= 0.6 is 15.6 Å². The van der Waals surface area contributed by atoms with Crippen LogP contribution in [-0.4, -0.2) is 96.7 Å². The van der Waals surface area contributed by atoms with E-state index in [1.807, 2.05) is 0 Å². The third-order valence-corrected chi connectivity index (χ3v) is 19.1. The third kappa shape index (κ3) is 68.4. The molecule has 0 fully saturated rings. The lowest BCUT2D eigenvalue weighted by molar-refractivity contribution is -0.161. The summed E-state index contributed by atoms with van der Waals surface area (Å²) in [4.78, 5) is 72.6. The Morgan fingerprint density at radius 1 is 0.290 bits per heavy atom. The highest BCUT2D eigenvalue weighted by Crippen LogP contribution is 2.45. The van der Waals surface area contributed by atoms with Gasteiger partial charge in [-0.15, -0.1) is 0 Å². The van der Waals surface area contributed by atoms with Crippen molar-refractivity contribution in [2.24, 2.45) is 11.8 Å². The summed E-state index contributed by atoms with van der Waals surface area (Å²) in [7, 11) is -9.90. The van der Waals surface area contributed by atoms with Crippen LogP contribution in [0.2, 0.25) is 0 Å². The van der Waals surface area contributed by atoms with E-state index in [2.05, 4.69) is 41.5 Å². The molecule has 0 heterocycles. The quantitative estimate of drug-likeness (QED) is 0.0222. The number of carbonyl (C=O) groups excluding carboxylic acids is 4. The highest BCUT2D eigenvalue weighted by Gasteiger charge is 2.30. The van der Waals surface area contributed by atoms with Crippen LogP contribution in [0, 0.1) is 11.8 Å². The summed E-state index contributed by atoms with van der Waals surface area (Å²) in [5.74, 6) is -0.545. The average Bonchev–Trinajstić information content (AvgIpc) is 2.76. The number of phosphoric ester groups is 2. The largest absolute Gasteiger partial charge is 0.472 e. The molecule has 0 aromatic rings. The van der Waals surface area contributed by atoms with Crippen LogP contribution in [0.3, 0.4) is 0 Å². The number of aliphatic hydroxyl groups excluding tert-OH is 1. The van der Waals surface area contributed by atoms with Gasteiger partial charge in [-0.1, -0.05) is 330 Å². The van der Waals surface area contributed by atoms with Gasteiger partial charge in [0.2, 0.25) is 0 Å². The first-order chi connectivity index (χ1) is 44.9. The maximum atomic E-state index is 13.1. The second-order valence-electron chi connectivity index (χ2n) is 27.6. The molecule has 0 rings (SSSR count). The molecule has 93 heavy (non-hydrogen) atoms. The molecule has 0 amide bonds. The number of carbonyl (C=O) groups is 4. The molecular weight excluding hydrogens is 1220 g/mol. The molecule has 0 saturated carbocycles. The van der Waals surface area contributed by atoms with Crippen molar-refractivity contribution in [3.05, 3.63) is 0 Å². The van der Waals surface area contributed by atoms with Gasteiger partial charge >= 0.3 is 39.5 Å². The molecule has 0 aliphatic heterocycles. The van der Waals surface area contributed by atoms with Gasteiger partial charge in [0, 0.05) is 25.7 Å². The minimum absolute atomic E-state index is 0.107. The lowest BCUT2D eigenvalue weighted by atomic mass is 10.0. The molecule has 0 aliphatic carbocycles. The Balaban J connectivity index is 5.21. The van der Waals surface area contributed by atoms with Crippen LogP contribution in [-0.2, 0) is 65.4 Å². The van der Waals surface area contributed by atoms with Crippen molar-refractivity contribution >= 4 is 39.5 Å². The van der Waals surface area contributed by atoms with Crippen molar-refractivity contribution in [2.45, 2.75) is 400 Å². The van der Waals surface area contributed by atoms with Crippen molar-refractivity contribution in [1.82, 2.24) is 0 Å². The fourth-order valence-electron chi connectivity index (χ4n) is 11.3. The van der Waals surface area contributed by atoms with Gasteiger partial charge < -0.3 is 33.8 Å². The van der Waals surface area contributed by atoms with E-state index < -0.39 is 97.5 Å². The average molecular weight is 1370 g/mol. The number of phosphoric acid groups is 2. The summed E-state index contributed by atoms with van der Waals surface area (Å²) in [5.41, 5.74) is 0. The zero-order valence-electron chi connectivity index (χ0n) is 60.6. The molecular formula is C74H144O17P2. The predicted octanol–water partition coefficient (Wildman–Crippen LogP) is 21.6. The Labute approximate surface area is 568 Å². The Kier molecular flexibility index (Phi) is 64.6. The van der Waals surface area contributed by atoms with Crippen molar-refractivity contribution in [3.63, 3.8) is 0 Å². The first kappa shape index (κ1) is 91.1. The highest BCUT2D eigenvalue weighted by molar-refractivity contribution is 7.47. The first-order valence-electron chi connectivity index (χ1n) is 38.5. The van der Waals surface area contributed by atoms with Crippen LogP contribution in [0.1, 0.15) is 382 Å². The number of aliphatic hydroxyl groups is 1. The topological polar surface area (TPSA) is 237 Å². The van der Waals surface area contributed by atoms with Crippen molar-refractivity contribution in [2.75, 3.05) is 39.6 Å². The second-order valence-corrected chi connectivity index (χ2v) is 30.5. The molecule has 0 saturated heterocycles. The lowest BCUT2D eigenvalue weighted by Crippen LogP contribution is -2.30. The highest BCUT2D eigenvalue weighted by atomic mass is 31.2. The van der Waals surface area contributed by atoms with E-state index in [1.165, 1.54) is 193 Å². The van der Waals surface area contributed by atoms with Gasteiger partial charge in [-0.3, -0.25) is 37.3 Å². The Bertz CT molecular complexity index is 1800. The monoisotopic (exact) mass is 1370 g/mol. The Morgan fingerprint density at radius 2 is 0.495 bits per heavy atom. The van der Waals surface area contributed by atoms with Gasteiger partial charge in [0.25, 0.3) is 0 Å². The fourth-order valence-corrected chi connectivity index (χ4v) is 12.9. The van der Waals surface area contributed by atoms with Crippen molar-refractivity contribution in [3.8, 4) is 0 Å². The number of esters is 4. The van der Waals surface area contributed by atoms with Gasteiger partial charge in [0.15, 0.2) is 12.2 Å². The maximum Gasteiger partial charge on any atom is 0.472 e. The van der Waals surface area contributed by atoms with Gasteiger partial charge in [-0.25, -0.2) is 9.13 Å². The van der Waals surface area contributed by atoms with E-state index in [1.54, 1.807) is 0 Å². The molecule has 17 nitrogen and oxygen atoms in total. The summed E-state index contributed by atoms with van der Waals surface area (Å²) < 4.78 is 68.4. The summed E-state index contributed by atoms with van der Waals surface area (Å²) in [6.45, 7) is 9.59. The van der Waals surface area contributed by atoms with E-state index in [0.29, 0.717) is 25.7 Å². The second kappa shape index (κ2) is 66.0. The van der Waals surface area contributed by atoms with Crippen LogP contribution in [0.5, 0.6) is 0 Å². The summed E-state index contributed by atoms with van der Waals surface area (Å²) in [6, 6.07) is 0. The number of unbranched alkanes of at least 4 members (excludes halogenated alkanes) is 43. The zero-order valence-corrected chi connectivity index (χ0v) is 62.3. The Hall–Kier alpha value is -1.94. The Morgan fingerprint density at radius 3 is 0.731 bits per heavy atom.